The van der Waals surface area contributed by atoms with Crippen molar-refractivity contribution in [2.75, 3.05) is 11.2 Å². The van der Waals surface area contributed by atoms with E-state index in [4.69, 9.17) is 10.3 Å². The summed E-state index contributed by atoms with van der Waals surface area (Å²) in [4.78, 5) is 12.2. The normalized spacial score (nSPS) is 12.1. The average Bonchev–Trinajstić information content (AvgIpc) is 3.21. The SMILES string of the molecule is CC(Sc1nnc(-c2ccco2)n1N)C(=O)Nc1ccc(F)c(F)c1. The second-order valence-corrected chi connectivity index (χ2v) is 6.34. The van der Waals surface area contributed by atoms with Crippen LogP contribution in [0.3, 0.4) is 0 Å². The summed E-state index contributed by atoms with van der Waals surface area (Å²) in [6, 6.07) is 6.49. The summed E-state index contributed by atoms with van der Waals surface area (Å²) < 4.78 is 32.5. The molecule has 3 N–H and O–H groups in total. The molecule has 2 heterocycles. The quantitative estimate of drug-likeness (QED) is 0.533. The topological polar surface area (TPSA) is 99.0 Å². The molecule has 3 aromatic rings. The fourth-order valence-electron chi connectivity index (χ4n) is 1.96. The van der Waals surface area contributed by atoms with Gasteiger partial charge in [-0.3, -0.25) is 4.79 Å². The molecule has 0 spiro atoms. The molecule has 1 atom stereocenters. The Bertz CT molecular complexity index is 897. The average molecular weight is 365 g/mol. The van der Waals surface area contributed by atoms with E-state index in [0.29, 0.717) is 16.7 Å². The fraction of sp³-hybridized carbons (Fsp3) is 0.133. The number of anilines is 1. The Hall–Kier alpha value is -2.88. The van der Waals surface area contributed by atoms with Crippen molar-refractivity contribution in [1.29, 1.82) is 0 Å². The first-order valence-corrected chi connectivity index (χ1v) is 8.00. The number of nitrogens with zero attached hydrogens (tertiary/aromatic N) is 3. The molecular formula is C15H13F2N5O2S. The van der Waals surface area contributed by atoms with Gasteiger partial charge < -0.3 is 15.6 Å². The van der Waals surface area contributed by atoms with Gasteiger partial charge in [0.15, 0.2) is 17.4 Å². The maximum absolute atomic E-state index is 13.2. The monoisotopic (exact) mass is 365 g/mol. The van der Waals surface area contributed by atoms with E-state index < -0.39 is 22.8 Å². The minimum absolute atomic E-state index is 0.154. The molecule has 0 fully saturated rings. The van der Waals surface area contributed by atoms with Gasteiger partial charge in [-0.15, -0.1) is 10.2 Å². The second kappa shape index (κ2) is 6.93. The molecule has 0 aliphatic heterocycles. The number of hydrogen-bond acceptors (Lipinski definition) is 6. The summed E-state index contributed by atoms with van der Waals surface area (Å²) in [5.41, 5.74) is 0.154. The standard InChI is InChI=1S/C15H13F2N5O2S/c1-8(14(23)19-9-4-5-10(16)11(17)7-9)25-15-21-20-13(22(15)18)12-3-2-6-24-12/h2-8H,18H2,1H3,(H,19,23). The van der Waals surface area contributed by atoms with Gasteiger partial charge in [0.25, 0.3) is 0 Å². The van der Waals surface area contributed by atoms with Crippen molar-refractivity contribution in [3.8, 4) is 11.6 Å². The molecule has 7 nitrogen and oxygen atoms in total. The zero-order valence-corrected chi connectivity index (χ0v) is 13.8. The number of amides is 1. The lowest BCUT2D eigenvalue weighted by Gasteiger charge is -2.11. The number of hydrogen-bond donors (Lipinski definition) is 2. The first kappa shape index (κ1) is 17.0. The molecule has 0 saturated heterocycles. The van der Waals surface area contributed by atoms with Crippen molar-refractivity contribution in [3.05, 3.63) is 48.2 Å². The molecule has 1 amide bonds. The number of carbonyl (C=O) groups excluding carboxylic acids is 1. The molecule has 0 aliphatic carbocycles. The zero-order chi connectivity index (χ0) is 18.0. The fourth-order valence-corrected chi connectivity index (χ4v) is 2.73. The number of nitrogens with two attached hydrogens (primary N) is 1. The van der Waals surface area contributed by atoms with E-state index in [-0.39, 0.29) is 5.69 Å². The van der Waals surface area contributed by atoms with Crippen molar-refractivity contribution in [3.63, 3.8) is 0 Å². The summed E-state index contributed by atoms with van der Waals surface area (Å²) in [6.45, 7) is 1.63. The highest BCUT2D eigenvalue weighted by atomic mass is 32.2. The van der Waals surface area contributed by atoms with E-state index in [1.165, 1.54) is 17.0 Å². The molecule has 10 heteroatoms. The molecule has 0 bridgehead atoms. The van der Waals surface area contributed by atoms with E-state index in [2.05, 4.69) is 15.5 Å². The van der Waals surface area contributed by atoms with Crippen LogP contribution >= 0.6 is 11.8 Å². The third kappa shape index (κ3) is 3.63. The van der Waals surface area contributed by atoms with Crippen LogP contribution in [0.1, 0.15) is 6.92 Å². The van der Waals surface area contributed by atoms with Crippen molar-refractivity contribution >= 4 is 23.4 Å². The number of nitrogen functional groups attached to an aromatic ring is 1. The Morgan fingerprint density at radius 1 is 1.32 bits per heavy atom. The first-order chi connectivity index (χ1) is 12.0. The van der Waals surface area contributed by atoms with Crippen molar-refractivity contribution < 1.29 is 18.0 Å². The van der Waals surface area contributed by atoms with Crippen LogP contribution in [0.5, 0.6) is 0 Å². The molecule has 3 rings (SSSR count). The highest BCUT2D eigenvalue weighted by Gasteiger charge is 2.21. The van der Waals surface area contributed by atoms with Gasteiger partial charge in [0, 0.05) is 11.8 Å². The van der Waals surface area contributed by atoms with Crippen molar-refractivity contribution in [2.45, 2.75) is 17.3 Å². The number of nitrogens with one attached hydrogen (secondary N) is 1. The van der Waals surface area contributed by atoms with Crippen LogP contribution in [-0.4, -0.2) is 26.0 Å². The van der Waals surface area contributed by atoms with Gasteiger partial charge in [-0.2, -0.15) is 0 Å². The molecule has 0 saturated carbocycles. The minimum atomic E-state index is -1.04. The molecular weight excluding hydrogens is 352 g/mol. The van der Waals surface area contributed by atoms with E-state index in [1.54, 1.807) is 19.1 Å². The molecule has 1 unspecified atom stereocenters. The first-order valence-electron chi connectivity index (χ1n) is 7.12. The number of rotatable bonds is 5. The summed E-state index contributed by atoms with van der Waals surface area (Å²) in [5.74, 6) is 4.24. The van der Waals surface area contributed by atoms with Gasteiger partial charge in [-0.1, -0.05) is 11.8 Å². The van der Waals surface area contributed by atoms with Crippen LogP contribution in [0.25, 0.3) is 11.6 Å². The van der Waals surface area contributed by atoms with Crippen LogP contribution in [0.15, 0.2) is 46.2 Å². The van der Waals surface area contributed by atoms with Crippen LogP contribution < -0.4 is 11.2 Å². The predicted octanol–water partition coefficient (Wildman–Crippen LogP) is 2.65. The molecule has 25 heavy (non-hydrogen) atoms. The lowest BCUT2D eigenvalue weighted by atomic mass is 10.3. The highest BCUT2D eigenvalue weighted by Crippen LogP contribution is 2.25. The van der Waals surface area contributed by atoms with E-state index in [9.17, 15) is 13.6 Å². The summed E-state index contributed by atoms with van der Waals surface area (Å²) >= 11 is 1.07. The maximum atomic E-state index is 13.2. The van der Waals surface area contributed by atoms with Gasteiger partial charge in [-0.25, -0.2) is 13.5 Å². The van der Waals surface area contributed by atoms with Crippen molar-refractivity contribution in [2.24, 2.45) is 0 Å². The number of aromatic nitrogens is 3. The predicted molar refractivity (Wildman–Crippen MR) is 88.2 cm³/mol. The van der Waals surface area contributed by atoms with Crippen LogP contribution in [0, 0.1) is 11.6 Å². The van der Waals surface area contributed by atoms with Crippen LogP contribution in [-0.2, 0) is 4.79 Å². The third-order valence-electron chi connectivity index (χ3n) is 3.24. The van der Waals surface area contributed by atoms with Gasteiger partial charge in [0.05, 0.1) is 11.5 Å². The van der Waals surface area contributed by atoms with Gasteiger partial charge in [0.2, 0.25) is 16.9 Å². The largest absolute Gasteiger partial charge is 0.461 e. The highest BCUT2D eigenvalue weighted by molar-refractivity contribution is 8.00. The van der Waals surface area contributed by atoms with Gasteiger partial charge >= 0.3 is 0 Å². The summed E-state index contributed by atoms with van der Waals surface area (Å²) in [5, 5.41) is 10.1. The second-order valence-electron chi connectivity index (χ2n) is 5.03. The minimum Gasteiger partial charge on any atom is -0.461 e. The molecule has 130 valence electrons. The molecule has 0 radical (unpaired) electrons. The zero-order valence-electron chi connectivity index (χ0n) is 12.9. The molecule has 1 aromatic carbocycles. The van der Waals surface area contributed by atoms with Crippen LogP contribution in [0.4, 0.5) is 14.5 Å². The lowest BCUT2D eigenvalue weighted by Crippen LogP contribution is -2.23. The Morgan fingerprint density at radius 3 is 2.80 bits per heavy atom. The van der Waals surface area contributed by atoms with Gasteiger partial charge in [-0.05, 0) is 31.2 Å². The Balaban J connectivity index is 1.68. The molecule has 2 aromatic heterocycles. The number of furan rings is 1. The Morgan fingerprint density at radius 2 is 2.12 bits per heavy atom. The van der Waals surface area contributed by atoms with Crippen LogP contribution in [0.2, 0.25) is 0 Å². The van der Waals surface area contributed by atoms with E-state index >= 15 is 0 Å². The summed E-state index contributed by atoms with van der Waals surface area (Å²) in [7, 11) is 0. The number of carbonyl (C=O) groups is 1. The van der Waals surface area contributed by atoms with E-state index in [0.717, 1.165) is 23.9 Å². The number of thioether (sulfide) groups is 1. The maximum Gasteiger partial charge on any atom is 0.237 e. The Kier molecular flexibility index (Phi) is 4.70. The molecule has 0 aliphatic rings. The number of halogens is 2. The lowest BCUT2D eigenvalue weighted by molar-refractivity contribution is -0.115. The van der Waals surface area contributed by atoms with E-state index in [1.807, 2.05) is 0 Å². The van der Waals surface area contributed by atoms with Gasteiger partial charge in [0.1, 0.15) is 0 Å². The third-order valence-corrected chi connectivity index (χ3v) is 4.30. The Labute approximate surface area is 145 Å². The smallest absolute Gasteiger partial charge is 0.237 e. The van der Waals surface area contributed by atoms with Crippen molar-refractivity contribution in [1.82, 2.24) is 14.9 Å². The summed E-state index contributed by atoms with van der Waals surface area (Å²) in [6.07, 6.45) is 1.48. The number of benzene rings is 1.